The van der Waals surface area contributed by atoms with Gasteiger partial charge in [-0.15, -0.1) is 0 Å². The van der Waals surface area contributed by atoms with Gasteiger partial charge in [0.15, 0.2) is 0 Å². The molecule has 1 N–H and O–H groups in total. The second-order valence-electron chi connectivity index (χ2n) is 3.98. The molecule has 0 spiro atoms. The van der Waals surface area contributed by atoms with E-state index in [1.54, 1.807) is 0 Å². The van der Waals surface area contributed by atoms with Crippen LogP contribution in [0.5, 0.6) is 0 Å². The zero-order valence-electron chi connectivity index (χ0n) is 10.3. The van der Waals surface area contributed by atoms with Crippen LogP contribution in [0.15, 0.2) is 18.2 Å². The SMILES string of the molecule is CCCN(CCO)C(=O)Cc1c(F)cccc1F. The van der Waals surface area contributed by atoms with Gasteiger partial charge in [-0.1, -0.05) is 13.0 Å². The molecule has 1 aromatic carbocycles. The maximum absolute atomic E-state index is 13.4. The third-order valence-corrected chi connectivity index (χ3v) is 2.61. The summed E-state index contributed by atoms with van der Waals surface area (Å²) in [7, 11) is 0. The lowest BCUT2D eigenvalue weighted by molar-refractivity contribution is -0.131. The van der Waals surface area contributed by atoms with E-state index in [0.717, 1.165) is 18.6 Å². The van der Waals surface area contributed by atoms with Gasteiger partial charge in [-0.25, -0.2) is 8.78 Å². The van der Waals surface area contributed by atoms with Crippen molar-refractivity contribution >= 4 is 5.91 Å². The third kappa shape index (κ3) is 3.77. The molecule has 0 aliphatic heterocycles. The van der Waals surface area contributed by atoms with Crippen LogP contribution in [-0.2, 0) is 11.2 Å². The molecule has 0 aromatic heterocycles. The van der Waals surface area contributed by atoms with E-state index >= 15 is 0 Å². The highest BCUT2D eigenvalue weighted by Crippen LogP contribution is 2.13. The molecular weight excluding hydrogens is 240 g/mol. The van der Waals surface area contributed by atoms with E-state index in [1.165, 1.54) is 11.0 Å². The molecule has 1 aromatic rings. The molecule has 1 rings (SSSR count). The van der Waals surface area contributed by atoms with Crippen molar-refractivity contribution in [1.82, 2.24) is 4.90 Å². The van der Waals surface area contributed by atoms with Gasteiger partial charge in [0.1, 0.15) is 11.6 Å². The average Bonchev–Trinajstić information content (AvgIpc) is 2.33. The van der Waals surface area contributed by atoms with Gasteiger partial charge in [0.2, 0.25) is 5.91 Å². The van der Waals surface area contributed by atoms with E-state index in [9.17, 15) is 13.6 Å². The monoisotopic (exact) mass is 257 g/mol. The lowest BCUT2D eigenvalue weighted by Gasteiger charge is -2.21. The second-order valence-corrected chi connectivity index (χ2v) is 3.98. The Balaban J connectivity index is 2.79. The molecular formula is C13H17F2NO2. The molecule has 0 aliphatic carbocycles. The summed E-state index contributed by atoms with van der Waals surface area (Å²) < 4.78 is 26.8. The minimum atomic E-state index is -0.719. The number of halogens is 2. The number of benzene rings is 1. The molecule has 0 heterocycles. The number of carbonyl (C=O) groups excluding carboxylic acids is 1. The zero-order chi connectivity index (χ0) is 13.5. The van der Waals surface area contributed by atoms with Gasteiger partial charge in [0.25, 0.3) is 0 Å². The first-order valence-corrected chi connectivity index (χ1v) is 5.91. The molecule has 5 heteroatoms. The van der Waals surface area contributed by atoms with Crippen molar-refractivity contribution in [2.45, 2.75) is 19.8 Å². The molecule has 0 atom stereocenters. The second kappa shape index (κ2) is 7.06. The van der Waals surface area contributed by atoms with Crippen molar-refractivity contribution < 1.29 is 18.7 Å². The number of hydrogen-bond acceptors (Lipinski definition) is 2. The van der Waals surface area contributed by atoms with Crippen LogP contribution < -0.4 is 0 Å². The third-order valence-electron chi connectivity index (χ3n) is 2.61. The molecule has 18 heavy (non-hydrogen) atoms. The summed E-state index contributed by atoms with van der Waals surface area (Å²) in [6.45, 7) is 2.38. The standard InChI is InChI=1S/C13H17F2NO2/c1-2-6-16(7-8-17)13(18)9-10-11(14)4-3-5-12(10)15/h3-5,17H,2,6-9H2,1H3. The molecule has 100 valence electrons. The maximum Gasteiger partial charge on any atom is 0.227 e. The Bertz CT molecular complexity index is 384. The predicted octanol–water partition coefficient (Wildman–Crippen LogP) is 1.74. The minimum Gasteiger partial charge on any atom is -0.395 e. The smallest absolute Gasteiger partial charge is 0.227 e. The van der Waals surface area contributed by atoms with Crippen LogP contribution >= 0.6 is 0 Å². The van der Waals surface area contributed by atoms with E-state index in [4.69, 9.17) is 5.11 Å². The Hall–Kier alpha value is -1.49. The summed E-state index contributed by atoms with van der Waals surface area (Å²) in [4.78, 5) is 13.3. The summed E-state index contributed by atoms with van der Waals surface area (Å²) in [5.74, 6) is -1.82. The van der Waals surface area contributed by atoms with Crippen molar-refractivity contribution in [3.63, 3.8) is 0 Å². The molecule has 0 fully saturated rings. The largest absolute Gasteiger partial charge is 0.395 e. The molecule has 0 radical (unpaired) electrons. The van der Waals surface area contributed by atoms with Gasteiger partial charge in [-0.3, -0.25) is 4.79 Å². The summed E-state index contributed by atoms with van der Waals surface area (Å²) in [6.07, 6.45) is 0.407. The van der Waals surface area contributed by atoms with Crippen molar-refractivity contribution in [3.8, 4) is 0 Å². The van der Waals surface area contributed by atoms with Gasteiger partial charge in [0.05, 0.1) is 13.0 Å². The normalized spacial score (nSPS) is 10.4. The number of carbonyl (C=O) groups is 1. The quantitative estimate of drug-likeness (QED) is 0.843. The number of rotatable bonds is 6. The van der Waals surface area contributed by atoms with Crippen molar-refractivity contribution in [3.05, 3.63) is 35.4 Å². The van der Waals surface area contributed by atoms with Crippen LogP contribution in [0.3, 0.4) is 0 Å². The number of amides is 1. The lowest BCUT2D eigenvalue weighted by Crippen LogP contribution is -2.35. The molecule has 0 unspecified atom stereocenters. The van der Waals surface area contributed by atoms with Gasteiger partial charge in [-0.2, -0.15) is 0 Å². The zero-order valence-corrected chi connectivity index (χ0v) is 10.3. The Labute approximate surface area is 105 Å². The van der Waals surface area contributed by atoms with Crippen LogP contribution in [0.1, 0.15) is 18.9 Å². The summed E-state index contributed by atoms with van der Waals surface area (Å²) >= 11 is 0. The number of hydrogen-bond donors (Lipinski definition) is 1. The molecule has 0 saturated carbocycles. The van der Waals surface area contributed by atoms with Crippen LogP contribution in [0.25, 0.3) is 0 Å². The van der Waals surface area contributed by atoms with Crippen LogP contribution in [-0.4, -0.2) is 35.6 Å². The Kier molecular flexibility index (Phi) is 5.71. The van der Waals surface area contributed by atoms with Gasteiger partial charge < -0.3 is 10.0 Å². The summed E-state index contributed by atoms with van der Waals surface area (Å²) in [5, 5.41) is 8.85. The lowest BCUT2D eigenvalue weighted by atomic mass is 10.1. The van der Waals surface area contributed by atoms with E-state index in [2.05, 4.69) is 0 Å². The Morgan fingerprint density at radius 3 is 2.39 bits per heavy atom. The van der Waals surface area contributed by atoms with E-state index in [1.807, 2.05) is 6.92 Å². The van der Waals surface area contributed by atoms with Crippen LogP contribution in [0, 0.1) is 11.6 Å². The highest BCUT2D eigenvalue weighted by molar-refractivity contribution is 5.78. The number of nitrogens with zero attached hydrogens (tertiary/aromatic N) is 1. The van der Waals surface area contributed by atoms with Crippen LogP contribution in [0.4, 0.5) is 8.78 Å². The highest BCUT2D eigenvalue weighted by atomic mass is 19.1. The van der Waals surface area contributed by atoms with E-state index < -0.39 is 11.6 Å². The van der Waals surface area contributed by atoms with Crippen molar-refractivity contribution in [2.24, 2.45) is 0 Å². The fourth-order valence-corrected chi connectivity index (χ4v) is 1.72. The topological polar surface area (TPSA) is 40.5 Å². The fourth-order valence-electron chi connectivity index (χ4n) is 1.72. The van der Waals surface area contributed by atoms with Gasteiger partial charge in [-0.05, 0) is 18.6 Å². The van der Waals surface area contributed by atoms with Crippen molar-refractivity contribution in [1.29, 1.82) is 0 Å². The van der Waals surface area contributed by atoms with Crippen molar-refractivity contribution in [2.75, 3.05) is 19.7 Å². The summed E-state index contributed by atoms with van der Waals surface area (Å²) in [6, 6.07) is 3.51. The summed E-state index contributed by atoms with van der Waals surface area (Å²) in [5.41, 5.74) is -0.221. The Morgan fingerprint density at radius 1 is 1.28 bits per heavy atom. The van der Waals surface area contributed by atoms with E-state index in [0.29, 0.717) is 6.54 Å². The van der Waals surface area contributed by atoms with E-state index in [-0.39, 0.29) is 31.0 Å². The molecule has 0 aliphatic rings. The average molecular weight is 257 g/mol. The first-order chi connectivity index (χ1) is 8.60. The molecule has 1 amide bonds. The predicted molar refractivity (Wildman–Crippen MR) is 64.0 cm³/mol. The first kappa shape index (κ1) is 14.6. The molecule has 0 bridgehead atoms. The fraction of sp³-hybridized carbons (Fsp3) is 0.462. The first-order valence-electron chi connectivity index (χ1n) is 5.91. The number of aliphatic hydroxyl groups is 1. The number of aliphatic hydroxyl groups excluding tert-OH is 1. The highest BCUT2D eigenvalue weighted by Gasteiger charge is 2.17. The Morgan fingerprint density at radius 2 is 1.89 bits per heavy atom. The van der Waals surface area contributed by atoms with Gasteiger partial charge in [0, 0.05) is 18.7 Å². The van der Waals surface area contributed by atoms with Gasteiger partial charge >= 0.3 is 0 Å². The maximum atomic E-state index is 13.4. The molecule has 0 saturated heterocycles. The molecule has 3 nitrogen and oxygen atoms in total. The minimum absolute atomic E-state index is 0.161. The van der Waals surface area contributed by atoms with Crippen LogP contribution in [0.2, 0.25) is 0 Å².